The van der Waals surface area contributed by atoms with E-state index in [1.807, 2.05) is 30.5 Å². The number of aromatic nitrogens is 2. The number of rotatable bonds is 3. The van der Waals surface area contributed by atoms with Crippen molar-refractivity contribution < 1.29 is 13.2 Å². The van der Waals surface area contributed by atoms with Gasteiger partial charge in [-0.25, -0.2) is 9.97 Å². The second kappa shape index (κ2) is 6.75. The van der Waals surface area contributed by atoms with Crippen LogP contribution in [-0.4, -0.2) is 9.97 Å². The molecule has 136 valence electrons. The van der Waals surface area contributed by atoms with Crippen LogP contribution in [0, 0.1) is 0 Å². The van der Waals surface area contributed by atoms with Gasteiger partial charge in [0, 0.05) is 11.6 Å². The van der Waals surface area contributed by atoms with Crippen LogP contribution >= 0.6 is 0 Å². The smallest absolute Gasteiger partial charge is 0.360 e. The Labute approximate surface area is 153 Å². The highest BCUT2D eigenvalue weighted by Gasteiger charge is 2.30. The van der Waals surface area contributed by atoms with Crippen molar-refractivity contribution >= 4 is 17.2 Å². The topological polar surface area (TPSA) is 49.8 Å². The highest BCUT2D eigenvalue weighted by molar-refractivity contribution is 5.78. The lowest BCUT2D eigenvalue weighted by Gasteiger charge is -2.18. The lowest BCUT2D eigenvalue weighted by Crippen LogP contribution is -2.05. The maximum Gasteiger partial charge on any atom is 0.416 e. The third-order valence-electron chi connectivity index (χ3n) is 4.27. The summed E-state index contributed by atoms with van der Waals surface area (Å²) in [6, 6.07) is 12.6. The van der Waals surface area contributed by atoms with Crippen molar-refractivity contribution in [3.8, 4) is 11.3 Å². The quantitative estimate of drug-likeness (QED) is 0.651. The molecule has 0 spiro atoms. The predicted molar refractivity (Wildman–Crippen MR) is 98.7 cm³/mol. The normalized spacial score (nSPS) is 13.0. The summed E-state index contributed by atoms with van der Waals surface area (Å²) < 4.78 is 38.2. The van der Waals surface area contributed by atoms with Crippen molar-refractivity contribution in [1.29, 1.82) is 0 Å². The minimum atomic E-state index is -4.36. The van der Waals surface area contributed by atoms with Gasteiger partial charge in [-0.2, -0.15) is 13.2 Å². The zero-order valence-corrected chi connectivity index (χ0v) is 14.1. The minimum Gasteiger partial charge on any atom is -0.360 e. The fourth-order valence-corrected chi connectivity index (χ4v) is 2.92. The number of anilines is 3. The molecule has 2 aromatic carbocycles. The van der Waals surface area contributed by atoms with Crippen LogP contribution in [-0.2, 0) is 12.6 Å². The predicted octanol–water partition coefficient (Wildman–Crippen LogP) is 5.39. The van der Waals surface area contributed by atoms with Crippen molar-refractivity contribution in [1.82, 2.24) is 9.97 Å². The molecule has 1 aliphatic heterocycles. The molecule has 0 bridgehead atoms. The number of benzene rings is 2. The van der Waals surface area contributed by atoms with E-state index in [4.69, 9.17) is 0 Å². The van der Waals surface area contributed by atoms with Crippen LogP contribution in [0.25, 0.3) is 11.3 Å². The average Bonchev–Trinajstić information content (AvgIpc) is 2.68. The lowest BCUT2D eigenvalue weighted by molar-refractivity contribution is -0.137. The summed E-state index contributed by atoms with van der Waals surface area (Å²) in [6.45, 7) is 0. The molecule has 4 nitrogen and oxygen atoms in total. The molecule has 0 unspecified atom stereocenters. The molecular formula is C20H15F3N4. The molecule has 0 atom stereocenters. The Hall–Kier alpha value is -3.35. The molecular weight excluding hydrogens is 353 g/mol. The van der Waals surface area contributed by atoms with E-state index in [1.54, 1.807) is 6.07 Å². The summed E-state index contributed by atoms with van der Waals surface area (Å²) in [5.41, 5.74) is 3.46. The first-order chi connectivity index (χ1) is 13.0. The zero-order chi connectivity index (χ0) is 18.9. The molecule has 27 heavy (non-hydrogen) atoms. The molecule has 0 radical (unpaired) electrons. The second-order valence-corrected chi connectivity index (χ2v) is 6.08. The van der Waals surface area contributed by atoms with Gasteiger partial charge in [0.25, 0.3) is 0 Å². The Kier molecular flexibility index (Phi) is 4.27. The molecule has 2 N–H and O–H groups in total. The first kappa shape index (κ1) is 17.1. The van der Waals surface area contributed by atoms with E-state index in [9.17, 15) is 13.2 Å². The van der Waals surface area contributed by atoms with Crippen LogP contribution in [0.15, 0.2) is 67.1 Å². The average molecular weight is 368 g/mol. The maximum absolute atomic E-state index is 12.7. The Bertz CT molecular complexity index is 995. The molecule has 0 fully saturated rings. The number of hydrogen-bond donors (Lipinski definition) is 2. The highest BCUT2D eigenvalue weighted by atomic mass is 19.4. The third-order valence-corrected chi connectivity index (χ3v) is 4.27. The first-order valence-corrected chi connectivity index (χ1v) is 8.31. The van der Waals surface area contributed by atoms with E-state index in [0.29, 0.717) is 17.1 Å². The Balaban J connectivity index is 1.61. The number of allylic oxidation sites excluding steroid dienone is 1. The third kappa shape index (κ3) is 3.62. The molecule has 0 amide bonds. The van der Waals surface area contributed by atoms with E-state index in [1.165, 1.54) is 24.0 Å². The molecule has 2 heterocycles. The van der Waals surface area contributed by atoms with Gasteiger partial charge in [0.2, 0.25) is 0 Å². The molecule has 4 rings (SSSR count). The summed E-state index contributed by atoms with van der Waals surface area (Å²) in [7, 11) is 0. The van der Waals surface area contributed by atoms with E-state index in [0.717, 1.165) is 29.9 Å². The van der Waals surface area contributed by atoms with Crippen LogP contribution < -0.4 is 10.6 Å². The number of halogens is 3. The van der Waals surface area contributed by atoms with Gasteiger partial charge in [-0.1, -0.05) is 30.3 Å². The first-order valence-electron chi connectivity index (χ1n) is 8.31. The summed E-state index contributed by atoms with van der Waals surface area (Å²) in [5, 5.41) is 6.48. The summed E-state index contributed by atoms with van der Waals surface area (Å²) in [5.74, 6) is 0.560. The van der Waals surface area contributed by atoms with E-state index < -0.39 is 11.7 Å². The van der Waals surface area contributed by atoms with Crippen LogP contribution in [0.4, 0.5) is 30.4 Å². The summed E-state index contributed by atoms with van der Waals surface area (Å²) in [6.07, 6.45) is 1.81. The highest BCUT2D eigenvalue weighted by Crippen LogP contribution is 2.33. The minimum absolute atomic E-state index is 0.541. The Morgan fingerprint density at radius 2 is 1.81 bits per heavy atom. The van der Waals surface area contributed by atoms with Gasteiger partial charge in [0.1, 0.15) is 12.1 Å². The maximum atomic E-state index is 12.7. The number of alkyl halides is 3. The van der Waals surface area contributed by atoms with Gasteiger partial charge in [-0.15, -0.1) is 0 Å². The summed E-state index contributed by atoms with van der Waals surface area (Å²) >= 11 is 0. The fraction of sp³-hybridized carbons (Fsp3) is 0.100. The molecule has 0 aliphatic carbocycles. The number of nitrogens with zero attached hydrogens (tertiary/aromatic N) is 2. The van der Waals surface area contributed by atoms with E-state index >= 15 is 0 Å². The number of nitrogens with one attached hydrogen (secondary N) is 2. The standard InChI is InChI=1S/C20H15F3N4/c21-20(22,23)15-8-6-13(7-9-15)17-11-18(26-12-25-17)27-16-5-1-3-14-4-2-10-24-19(14)16/h1-3,5-12,24H,4H2,(H,25,26,27). The number of para-hydroxylation sites is 1. The molecule has 1 aliphatic rings. The van der Waals surface area contributed by atoms with Gasteiger partial charge >= 0.3 is 6.18 Å². The van der Waals surface area contributed by atoms with Crippen molar-refractivity contribution in [3.63, 3.8) is 0 Å². The zero-order valence-electron chi connectivity index (χ0n) is 14.1. The lowest BCUT2D eigenvalue weighted by atomic mass is 10.1. The van der Waals surface area contributed by atoms with Crippen molar-refractivity contribution in [2.45, 2.75) is 12.6 Å². The Morgan fingerprint density at radius 3 is 2.59 bits per heavy atom. The van der Waals surface area contributed by atoms with Crippen LogP contribution in [0.3, 0.4) is 0 Å². The van der Waals surface area contributed by atoms with Crippen molar-refractivity contribution in [3.05, 3.63) is 78.3 Å². The fourth-order valence-electron chi connectivity index (χ4n) is 2.92. The van der Waals surface area contributed by atoms with Crippen LogP contribution in [0.2, 0.25) is 0 Å². The molecule has 3 aromatic rings. The SMILES string of the molecule is FC(F)(F)c1ccc(-c2cc(Nc3cccc4c3NC=CC4)ncn2)cc1. The Morgan fingerprint density at radius 1 is 1.00 bits per heavy atom. The number of hydrogen-bond acceptors (Lipinski definition) is 4. The van der Waals surface area contributed by atoms with Gasteiger partial charge < -0.3 is 10.6 Å². The molecule has 7 heteroatoms. The van der Waals surface area contributed by atoms with Crippen molar-refractivity contribution in [2.24, 2.45) is 0 Å². The monoisotopic (exact) mass is 368 g/mol. The van der Waals surface area contributed by atoms with E-state index in [-0.39, 0.29) is 0 Å². The largest absolute Gasteiger partial charge is 0.416 e. The van der Waals surface area contributed by atoms with Gasteiger partial charge in [-0.3, -0.25) is 0 Å². The van der Waals surface area contributed by atoms with Crippen LogP contribution in [0.5, 0.6) is 0 Å². The number of fused-ring (bicyclic) bond motifs is 1. The molecule has 0 saturated heterocycles. The van der Waals surface area contributed by atoms with Gasteiger partial charge in [0.05, 0.1) is 22.6 Å². The molecule has 0 saturated carbocycles. The summed E-state index contributed by atoms with van der Waals surface area (Å²) in [4.78, 5) is 8.39. The van der Waals surface area contributed by atoms with Crippen LogP contribution in [0.1, 0.15) is 11.1 Å². The van der Waals surface area contributed by atoms with Gasteiger partial charge in [0.15, 0.2) is 0 Å². The van der Waals surface area contributed by atoms with Crippen molar-refractivity contribution in [2.75, 3.05) is 10.6 Å². The van der Waals surface area contributed by atoms with E-state index in [2.05, 4.69) is 20.6 Å². The second-order valence-electron chi connectivity index (χ2n) is 6.08. The van der Waals surface area contributed by atoms with Gasteiger partial charge in [-0.05, 0) is 36.4 Å². The molecule has 1 aromatic heterocycles.